The first-order valence-corrected chi connectivity index (χ1v) is 6.27. The summed E-state index contributed by atoms with van der Waals surface area (Å²) in [7, 11) is 1.72. The summed E-state index contributed by atoms with van der Waals surface area (Å²) in [5.41, 5.74) is 3.82. The van der Waals surface area contributed by atoms with Crippen LogP contribution in [0.25, 0.3) is 0 Å². The number of methoxy groups -OCH3 is 1. The van der Waals surface area contributed by atoms with Gasteiger partial charge in [0.2, 0.25) is 0 Å². The van der Waals surface area contributed by atoms with Gasteiger partial charge in [0.25, 0.3) is 0 Å². The first-order valence-electron chi connectivity index (χ1n) is 4.02. The van der Waals surface area contributed by atoms with Crippen molar-refractivity contribution in [3.8, 4) is 0 Å². The van der Waals surface area contributed by atoms with Crippen molar-refractivity contribution >= 4 is 31.9 Å². The Hall–Kier alpha value is 0.140. The van der Waals surface area contributed by atoms with Gasteiger partial charge in [0, 0.05) is 17.8 Å². The molecule has 0 heterocycles. The van der Waals surface area contributed by atoms with Crippen molar-refractivity contribution < 1.29 is 4.74 Å². The highest BCUT2D eigenvalue weighted by Crippen LogP contribution is 2.16. The predicted molar refractivity (Wildman–Crippen MR) is 62.4 cm³/mol. The summed E-state index contributed by atoms with van der Waals surface area (Å²) in [6, 6.07) is 6.50. The average Bonchev–Trinajstić information content (AvgIpc) is 2.17. The maximum absolute atomic E-state index is 5.10. The van der Waals surface area contributed by atoms with Gasteiger partial charge in [-0.05, 0) is 16.7 Å². The summed E-state index contributed by atoms with van der Waals surface area (Å²) in [6.45, 7) is 0.681. The van der Waals surface area contributed by atoms with Crippen molar-refractivity contribution in [2.45, 2.75) is 17.3 Å². The van der Waals surface area contributed by atoms with Gasteiger partial charge >= 0.3 is 0 Å². The maximum atomic E-state index is 5.10. The quantitative estimate of drug-likeness (QED) is 0.772. The van der Waals surface area contributed by atoms with Crippen LogP contribution in [0.3, 0.4) is 0 Å². The van der Waals surface area contributed by atoms with Crippen LogP contribution in [0.15, 0.2) is 18.2 Å². The van der Waals surface area contributed by atoms with Gasteiger partial charge in [0.15, 0.2) is 0 Å². The van der Waals surface area contributed by atoms with Crippen molar-refractivity contribution in [1.29, 1.82) is 0 Å². The molecule has 1 nitrogen and oxygen atoms in total. The summed E-state index contributed by atoms with van der Waals surface area (Å²) in [5.74, 6) is 0. The number of alkyl halides is 2. The zero-order valence-electron chi connectivity index (χ0n) is 7.52. The molecule has 0 amide bonds. The standard InChI is InChI=1S/C10H12Br2O/c1-13-7-10-3-8(5-11)2-9(4-10)6-12/h2-4H,5-7H2,1H3. The van der Waals surface area contributed by atoms with E-state index in [1.165, 1.54) is 16.7 Å². The van der Waals surface area contributed by atoms with E-state index in [0.717, 1.165) is 10.7 Å². The summed E-state index contributed by atoms with van der Waals surface area (Å²) in [6.07, 6.45) is 0. The molecular formula is C10H12Br2O. The maximum Gasteiger partial charge on any atom is 0.0713 e. The zero-order chi connectivity index (χ0) is 9.68. The molecule has 0 spiro atoms. The summed E-state index contributed by atoms with van der Waals surface area (Å²) in [4.78, 5) is 0. The molecule has 1 aromatic carbocycles. The Bertz CT molecular complexity index is 251. The molecule has 0 aliphatic carbocycles. The molecule has 1 aromatic rings. The molecule has 0 aromatic heterocycles. The van der Waals surface area contributed by atoms with E-state index in [1.54, 1.807) is 7.11 Å². The lowest BCUT2D eigenvalue weighted by atomic mass is 10.1. The van der Waals surface area contributed by atoms with Gasteiger partial charge < -0.3 is 4.74 Å². The van der Waals surface area contributed by atoms with E-state index >= 15 is 0 Å². The van der Waals surface area contributed by atoms with Gasteiger partial charge in [0.1, 0.15) is 0 Å². The molecule has 0 aliphatic rings. The number of hydrogen-bond acceptors (Lipinski definition) is 1. The van der Waals surface area contributed by atoms with Crippen LogP contribution in [0, 0.1) is 0 Å². The van der Waals surface area contributed by atoms with E-state index in [9.17, 15) is 0 Å². The highest BCUT2D eigenvalue weighted by atomic mass is 79.9. The second-order valence-electron chi connectivity index (χ2n) is 2.86. The van der Waals surface area contributed by atoms with E-state index in [0.29, 0.717) is 6.61 Å². The molecule has 1 rings (SSSR count). The molecule has 13 heavy (non-hydrogen) atoms. The lowest BCUT2D eigenvalue weighted by Crippen LogP contribution is -1.92. The third kappa shape index (κ3) is 3.41. The smallest absolute Gasteiger partial charge is 0.0713 e. The second-order valence-corrected chi connectivity index (χ2v) is 3.98. The van der Waals surface area contributed by atoms with Crippen molar-refractivity contribution in [2.24, 2.45) is 0 Å². The minimum absolute atomic E-state index is 0.681. The number of rotatable bonds is 4. The SMILES string of the molecule is COCc1cc(CBr)cc(CBr)c1. The van der Waals surface area contributed by atoms with E-state index in [4.69, 9.17) is 4.74 Å². The molecule has 0 N–H and O–H groups in total. The average molecular weight is 308 g/mol. The van der Waals surface area contributed by atoms with Crippen LogP contribution in [-0.2, 0) is 22.0 Å². The van der Waals surface area contributed by atoms with Gasteiger partial charge in [-0.15, -0.1) is 0 Å². The fourth-order valence-electron chi connectivity index (χ4n) is 1.24. The second kappa shape index (κ2) is 5.78. The van der Waals surface area contributed by atoms with Gasteiger partial charge in [-0.25, -0.2) is 0 Å². The Labute approximate surface area is 95.7 Å². The first-order chi connectivity index (χ1) is 6.30. The predicted octanol–water partition coefficient (Wildman–Crippen LogP) is 3.62. The number of hydrogen-bond donors (Lipinski definition) is 0. The van der Waals surface area contributed by atoms with Crippen LogP contribution in [-0.4, -0.2) is 7.11 Å². The molecule has 3 heteroatoms. The molecule has 0 radical (unpaired) electrons. The van der Waals surface area contributed by atoms with E-state index in [2.05, 4.69) is 50.1 Å². The first kappa shape index (κ1) is 11.2. The molecular weight excluding hydrogens is 296 g/mol. The minimum atomic E-state index is 0.681. The molecule has 0 aliphatic heterocycles. The van der Waals surface area contributed by atoms with Gasteiger partial charge in [-0.3, -0.25) is 0 Å². The summed E-state index contributed by atoms with van der Waals surface area (Å²) in [5, 5.41) is 1.79. The monoisotopic (exact) mass is 306 g/mol. The van der Waals surface area contributed by atoms with Crippen molar-refractivity contribution in [1.82, 2.24) is 0 Å². The molecule has 72 valence electrons. The lowest BCUT2D eigenvalue weighted by Gasteiger charge is -2.05. The molecule has 0 saturated heterocycles. The van der Waals surface area contributed by atoms with Crippen molar-refractivity contribution in [3.63, 3.8) is 0 Å². The third-order valence-electron chi connectivity index (χ3n) is 1.73. The summed E-state index contributed by atoms with van der Waals surface area (Å²) >= 11 is 6.90. The topological polar surface area (TPSA) is 9.23 Å². The molecule has 0 fully saturated rings. The van der Waals surface area contributed by atoms with Crippen molar-refractivity contribution in [2.75, 3.05) is 7.11 Å². The minimum Gasteiger partial charge on any atom is -0.380 e. The van der Waals surface area contributed by atoms with Crippen LogP contribution >= 0.6 is 31.9 Å². The van der Waals surface area contributed by atoms with Crippen LogP contribution in [0.1, 0.15) is 16.7 Å². The zero-order valence-corrected chi connectivity index (χ0v) is 10.7. The van der Waals surface area contributed by atoms with Crippen molar-refractivity contribution in [3.05, 3.63) is 34.9 Å². The van der Waals surface area contributed by atoms with E-state index in [1.807, 2.05) is 0 Å². The third-order valence-corrected chi connectivity index (χ3v) is 3.03. The van der Waals surface area contributed by atoms with E-state index in [-0.39, 0.29) is 0 Å². The highest BCUT2D eigenvalue weighted by Gasteiger charge is 1.99. The van der Waals surface area contributed by atoms with E-state index < -0.39 is 0 Å². The largest absolute Gasteiger partial charge is 0.380 e. The number of halogens is 2. The molecule has 0 unspecified atom stereocenters. The fraction of sp³-hybridized carbons (Fsp3) is 0.400. The fourth-order valence-corrected chi connectivity index (χ4v) is 1.89. The van der Waals surface area contributed by atoms with Crippen LogP contribution in [0.5, 0.6) is 0 Å². The summed E-state index contributed by atoms with van der Waals surface area (Å²) < 4.78 is 5.10. The normalized spacial score (nSPS) is 10.4. The Morgan fingerprint density at radius 1 is 1.00 bits per heavy atom. The van der Waals surface area contributed by atoms with Gasteiger partial charge in [-0.1, -0.05) is 50.1 Å². The lowest BCUT2D eigenvalue weighted by molar-refractivity contribution is 0.185. The Morgan fingerprint density at radius 3 is 1.85 bits per heavy atom. The highest BCUT2D eigenvalue weighted by molar-refractivity contribution is 9.08. The number of ether oxygens (including phenoxy) is 1. The van der Waals surface area contributed by atoms with Crippen LogP contribution in [0.4, 0.5) is 0 Å². The molecule has 0 saturated carbocycles. The van der Waals surface area contributed by atoms with Crippen LogP contribution < -0.4 is 0 Å². The number of benzene rings is 1. The van der Waals surface area contributed by atoms with Crippen LogP contribution in [0.2, 0.25) is 0 Å². The molecule has 0 atom stereocenters. The Morgan fingerprint density at radius 2 is 1.46 bits per heavy atom. The Balaban J connectivity index is 2.93. The Kier molecular flexibility index (Phi) is 4.99. The van der Waals surface area contributed by atoms with Gasteiger partial charge in [-0.2, -0.15) is 0 Å². The van der Waals surface area contributed by atoms with Gasteiger partial charge in [0.05, 0.1) is 6.61 Å². The molecule has 0 bridgehead atoms.